The van der Waals surface area contributed by atoms with Crippen LogP contribution < -0.4 is 0 Å². The van der Waals surface area contributed by atoms with Gasteiger partial charge in [0.25, 0.3) is 0 Å². The zero-order valence-corrected chi connectivity index (χ0v) is 11.0. The van der Waals surface area contributed by atoms with E-state index in [-0.39, 0.29) is 0 Å². The number of nitrogens with zero attached hydrogens (tertiary/aromatic N) is 1. The fourth-order valence-corrected chi connectivity index (χ4v) is 2.69. The molecule has 0 amide bonds. The molecule has 0 saturated carbocycles. The molecular weight excluding hydrogens is 182 g/mol. The van der Waals surface area contributed by atoms with Crippen LogP contribution in [0.5, 0.6) is 0 Å². The van der Waals surface area contributed by atoms with Crippen LogP contribution in [-0.4, -0.2) is 24.0 Å². The predicted octanol–water partition coefficient (Wildman–Crippen LogP) is 4.08. The Bertz CT molecular complexity index is 147. The predicted molar refractivity (Wildman–Crippen MR) is 68.2 cm³/mol. The first-order valence-corrected chi connectivity index (χ1v) is 7.02. The van der Waals surface area contributed by atoms with Gasteiger partial charge in [-0.25, -0.2) is 0 Å². The van der Waals surface area contributed by atoms with Gasteiger partial charge in [-0.1, -0.05) is 46.5 Å². The minimum Gasteiger partial charge on any atom is -0.300 e. The second-order valence-electron chi connectivity index (χ2n) is 5.33. The van der Waals surface area contributed by atoms with Crippen molar-refractivity contribution in [3.05, 3.63) is 0 Å². The van der Waals surface area contributed by atoms with E-state index in [1.165, 1.54) is 58.0 Å². The summed E-state index contributed by atoms with van der Waals surface area (Å²) in [6.07, 6.45) is 9.83. The summed E-state index contributed by atoms with van der Waals surface area (Å²) >= 11 is 0. The van der Waals surface area contributed by atoms with E-state index in [0.717, 1.165) is 12.0 Å². The summed E-state index contributed by atoms with van der Waals surface area (Å²) in [5.74, 6) is 0.941. The molecule has 1 atom stereocenters. The lowest BCUT2D eigenvalue weighted by atomic mass is 10.0. The standard InChI is InChI=1S/C14H29N/c1-4-6-8-14(9-7-5-2)15-11-10-13(3)12-15/h13-14H,4-12H2,1-3H3. The molecule has 0 aromatic heterocycles. The Morgan fingerprint density at radius 1 is 1.13 bits per heavy atom. The van der Waals surface area contributed by atoms with Crippen molar-refractivity contribution in [3.63, 3.8) is 0 Å². The number of rotatable bonds is 7. The van der Waals surface area contributed by atoms with Gasteiger partial charge in [-0.05, 0) is 31.7 Å². The summed E-state index contributed by atoms with van der Waals surface area (Å²) in [5, 5.41) is 0. The van der Waals surface area contributed by atoms with Crippen LogP contribution in [0.2, 0.25) is 0 Å². The number of hydrogen-bond donors (Lipinski definition) is 0. The molecule has 1 nitrogen and oxygen atoms in total. The van der Waals surface area contributed by atoms with Crippen LogP contribution in [0, 0.1) is 5.92 Å². The van der Waals surface area contributed by atoms with Gasteiger partial charge in [0.1, 0.15) is 0 Å². The summed E-state index contributed by atoms with van der Waals surface area (Å²) < 4.78 is 0. The van der Waals surface area contributed by atoms with Gasteiger partial charge in [0.05, 0.1) is 0 Å². The molecule has 1 aliphatic heterocycles. The number of unbranched alkanes of at least 4 members (excludes halogenated alkanes) is 2. The summed E-state index contributed by atoms with van der Waals surface area (Å²) in [7, 11) is 0. The van der Waals surface area contributed by atoms with E-state index >= 15 is 0 Å². The van der Waals surface area contributed by atoms with Crippen LogP contribution in [0.3, 0.4) is 0 Å². The molecule has 1 unspecified atom stereocenters. The molecule has 1 heterocycles. The SMILES string of the molecule is CCCCC(CCCC)N1CCC(C)C1. The Hall–Kier alpha value is -0.0400. The van der Waals surface area contributed by atoms with E-state index in [0.29, 0.717) is 0 Å². The average molecular weight is 211 g/mol. The lowest BCUT2D eigenvalue weighted by Crippen LogP contribution is -2.33. The van der Waals surface area contributed by atoms with Gasteiger partial charge in [-0.15, -0.1) is 0 Å². The van der Waals surface area contributed by atoms with E-state index in [1.807, 2.05) is 0 Å². The highest BCUT2D eigenvalue weighted by Gasteiger charge is 2.24. The van der Waals surface area contributed by atoms with Gasteiger partial charge in [0.15, 0.2) is 0 Å². The zero-order valence-electron chi connectivity index (χ0n) is 11.0. The van der Waals surface area contributed by atoms with Gasteiger partial charge >= 0.3 is 0 Å². The zero-order chi connectivity index (χ0) is 11.1. The molecule has 0 radical (unpaired) electrons. The molecule has 90 valence electrons. The molecule has 15 heavy (non-hydrogen) atoms. The van der Waals surface area contributed by atoms with E-state index in [2.05, 4.69) is 25.7 Å². The van der Waals surface area contributed by atoms with Gasteiger partial charge in [-0.2, -0.15) is 0 Å². The fraction of sp³-hybridized carbons (Fsp3) is 1.00. The topological polar surface area (TPSA) is 3.24 Å². The Morgan fingerprint density at radius 3 is 2.13 bits per heavy atom. The molecule has 0 aromatic carbocycles. The van der Waals surface area contributed by atoms with Crippen molar-refractivity contribution in [1.82, 2.24) is 4.90 Å². The molecule has 1 heteroatoms. The van der Waals surface area contributed by atoms with Gasteiger partial charge in [-0.3, -0.25) is 0 Å². The quantitative estimate of drug-likeness (QED) is 0.613. The van der Waals surface area contributed by atoms with Crippen LogP contribution >= 0.6 is 0 Å². The van der Waals surface area contributed by atoms with E-state index in [9.17, 15) is 0 Å². The Balaban J connectivity index is 2.32. The second kappa shape index (κ2) is 7.27. The highest BCUT2D eigenvalue weighted by Crippen LogP contribution is 2.23. The largest absolute Gasteiger partial charge is 0.300 e. The molecule has 0 aromatic rings. The van der Waals surface area contributed by atoms with Crippen LogP contribution in [0.1, 0.15) is 65.7 Å². The third kappa shape index (κ3) is 4.55. The van der Waals surface area contributed by atoms with Crippen LogP contribution in [0.25, 0.3) is 0 Å². The van der Waals surface area contributed by atoms with E-state index in [4.69, 9.17) is 0 Å². The molecular formula is C14H29N. The summed E-state index contributed by atoms with van der Waals surface area (Å²) in [6, 6.07) is 0.898. The van der Waals surface area contributed by atoms with Crippen LogP contribution in [0.15, 0.2) is 0 Å². The monoisotopic (exact) mass is 211 g/mol. The third-order valence-corrected chi connectivity index (χ3v) is 3.75. The van der Waals surface area contributed by atoms with Crippen molar-refractivity contribution < 1.29 is 0 Å². The lowest BCUT2D eigenvalue weighted by Gasteiger charge is -2.27. The molecule has 0 bridgehead atoms. The molecule has 0 aliphatic carbocycles. The normalized spacial score (nSPS) is 22.8. The number of likely N-dealkylation sites (tertiary alicyclic amines) is 1. The van der Waals surface area contributed by atoms with E-state index < -0.39 is 0 Å². The highest BCUT2D eigenvalue weighted by atomic mass is 15.2. The maximum atomic E-state index is 2.76. The summed E-state index contributed by atoms with van der Waals surface area (Å²) in [5.41, 5.74) is 0. The number of hydrogen-bond acceptors (Lipinski definition) is 1. The Morgan fingerprint density at radius 2 is 1.73 bits per heavy atom. The summed E-state index contributed by atoms with van der Waals surface area (Å²) in [4.78, 5) is 2.76. The van der Waals surface area contributed by atoms with Crippen LogP contribution in [0.4, 0.5) is 0 Å². The Labute approximate surface area is 96.2 Å². The minimum atomic E-state index is 0.898. The molecule has 1 rings (SSSR count). The summed E-state index contributed by atoms with van der Waals surface area (Å²) in [6.45, 7) is 9.74. The van der Waals surface area contributed by atoms with Crippen LogP contribution in [-0.2, 0) is 0 Å². The van der Waals surface area contributed by atoms with Crippen molar-refractivity contribution in [1.29, 1.82) is 0 Å². The van der Waals surface area contributed by atoms with Crippen molar-refractivity contribution >= 4 is 0 Å². The average Bonchev–Trinajstić information content (AvgIpc) is 2.65. The van der Waals surface area contributed by atoms with Crippen molar-refractivity contribution in [3.8, 4) is 0 Å². The smallest absolute Gasteiger partial charge is 0.00953 e. The Kier molecular flexibility index (Phi) is 6.31. The second-order valence-corrected chi connectivity index (χ2v) is 5.33. The first-order valence-electron chi connectivity index (χ1n) is 7.02. The highest BCUT2D eigenvalue weighted by molar-refractivity contribution is 4.79. The maximum Gasteiger partial charge on any atom is 0.00953 e. The van der Waals surface area contributed by atoms with Gasteiger partial charge in [0, 0.05) is 12.6 Å². The molecule has 0 spiro atoms. The third-order valence-electron chi connectivity index (χ3n) is 3.75. The van der Waals surface area contributed by atoms with Crippen molar-refractivity contribution in [2.24, 2.45) is 5.92 Å². The molecule has 0 N–H and O–H groups in total. The van der Waals surface area contributed by atoms with Gasteiger partial charge < -0.3 is 4.90 Å². The van der Waals surface area contributed by atoms with Gasteiger partial charge in [0.2, 0.25) is 0 Å². The van der Waals surface area contributed by atoms with E-state index in [1.54, 1.807) is 0 Å². The first-order chi connectivity index (χ1) is 7.27. The fourth-order valence-electron chi connectivity index (χ4n) is 2.69. The molecule has 1 saturated heterocycles. The van der Waals surface area contributed by atoms with Crippen molar-refractivity contribution in [2.45, 2.75) is 71.8 Å². The lowest BCUT2D eigenvalue weighted by molar-refractivity contribution is 0.206. The first kappa shape index (κ1) is 13.0. The maximum absolute atomic E-state index is 2.76. The molecule has 1 fully saturated rings. The van der Waals surface area contributed by atoms with Crippen molar-refractivity contribution in [2.75, 3.05) is 13.1 Å². The molecule has 1 aliphatic rings. The minimum absolute atomic E-state index is 0.898.